The fourth-order valence-electron chi connectivity index (χ4n) is 2.61. The van der Waals surface area contributed by atoms with Crippen LogP contribution in [0.4, 0.5) is 0 Å². The van der Waals surface area contributed by atoms with Crippen LogP contribution in [0.2, 0.25) is 0 Å². The molecule has 0 saturated carbocycles. The Kier molecular flexibility index (Phi) is 6.61. The van der Waals surface area contributed by atoms with E-state index in [2.05, 4.69) is 26.1 Å². The lowest BCUT2D eigenvalue weighted by Gasteiger charge is -2.30. The summed E-state index contributed by atoms with van der Waals surface area (Å²) >= 11 is 0. The Balaban J connectivity index is 2.21. The number of amides is 1. The highest BCUT2D eigenvalue weighted by Gasteiger charge is 2.26. The highest BCUT2D eigenvalue weighted by molar-refractivity contribution is 5.78. The molecule has 0 aromatic rings. The molecule has 1 heterocycles. The summed E-state index contributed by atoms with van der Waals surface area (Å²) < 4.78 is 0. The number of carbonyl (C=O) groups excluding carboxylic acids is 1. The number of aliphatic hydroxyl groups is 1. The van der Waals surface area contributed by atoms with Crippen LogP contribution in [0.5, 0.6) is 0 Å². The van der Waals surface area contributed by atoms with Gasteiger partial charge in [-0.3, -0.25) is 9.59 Å². The van der Waals surface area contributed by atoms with E-state index < -0.39 is 12.1 Å². The Morgan fingerprint density at radius 1 is 1.29 bits per heavy atom. The van der Waals surface area contributed by atoms with Crippen LogP contribution in [0.15, 0.2) is 0 Å². The molecule has 1 rings (SSSR count). The second kappa shape index (κ2) is 7.75. The van der Waals surface area contributed by atoms with Gasteiger partial charge in [-0.05, 0) is 24.7 Å². The van der Waals surface area contributed by atoms with Crippen LogP contribution in [0.1, 0.15) is 40.0 Å². The Morgan fingerprint density at radius 3 is 2.33 bits per heavy atom. The first-order valence-corrected chi connectivity index (χ1v) is 7.58. The number of rotatable bonds is 6. The zero-order valence-electron chi connectivity index (χ0n) is 13.3. The average molecular weight is 300 g/mol. The summed E-state index contributed by atoms with van der Waals surface area (Å²) in [5, 5.41) is 21.7. The van der Waals surface area contributed by atoms with Crippen molar-refractivity contribution in [3.8, 4) is 0 Å². The molecule has 0 bridgehead atoms. The molecule has 1 aliphatic rings. The molecule has 0 aromatic heterocycles. The maximum atomic E-state index is 12.0. The molecule has 1 saturated heterocycles. The molecule has 1 fully saturated rings. The first-order valence-electron chi connectivity index (χ1n) is 7.58. The molecule has 0 radical (unpaired) electrons. The number of hydrogen-bond acceptors (Lipinski definition) is 4. The van der Waals surface area contributed by atoms with Gasteiger partial charge in [-0.25, -0.2) is 0 Å². The highest BCUT2D eigenvalue weighted by Crippen LogP contribution is 2.20. The first-order chi connectivity index (χ1) is 9.69. The quantitative estimate of drug-likeness (QED) is 0.672. The Hall–Kier alpha value is -1.14. The Bertz CT molecular complexity index is 357. The molecule has 1 atom stereocenters. The van der Waals surface area contributed by atoms with E-state index in [1.54, 1.807) is 4.90 Å². The van der Waals surface area contributed by atoms with E-state index >= 15 is 0 Å². The van der Waals surface area contributed by atoms with Gasteiger partial charge in [-0.1, -0.05) is 20.8 Å². The Morgan fingerprint density at radius 2 is 1.86 bits per heavy atom. The molecule has 1 aliphatic heterocycles. The lowest BCUT2D eigenvalue weighted by molar-refractivity contribution is -0.145. The topological polar surface area (TPSA) is 89.9 Å². The summed E-state index contributed by atoms with van der Waals surface area (Å²) in [6.45, 7) is 7.79. The third-order valence-corrected chi connectivity index (χ3v) is 3.70. The number of likely N-dealkylation sites (tertiary alicyclic amines) is 1. The monoisotopic (exact) mass is 300 g/mol. The number of piperidine rings is 1. The molecular weight excluding hydrogens is 272 g/mol. The van der Waals surface area contributed by atoms with Crippen molar-refractivity contribution in [2.75, 3.05) is 26.2 Å². The van der Waals surface area contributed by atoms with Crippen LogP contribution < -0.4 is 5.32 Å². The van der Waals surface area contributed by atoms with Gasteiger partial charge in [0.15, 0.2) is 0 Å². The number of carboxylic acid groups (broad SMARTS) is 1. The molecule has 1 amide bonds. The van der Waals surface area contributed by atoms with Gasteiger partial charge in [0.25, 0.3) is 0 Å². The third-order valence-electron chi connectivity index (χ3n) is 3.70. The molecule has 6 heteroatoms. The number of carboxylic acids is 1. The summed E-state index contributed by atoms with van der Waals surface area (Å²) in [5.74, 6) is -1.12. The molecule has 0 aliphatic carbocycles. The number of hydrogen-bond donors (Lipinski definition) is 3. The van der Waals surface area contributed by atoms with Crippen LogP contribution in [0.25, 0.3) is 0 Å². The summed E-state index contributed by atoms with van der Waals surface area (Å²) in [6.07, 6.45) is 1.26. The lowest BCUT2D eigenvalue weighted by Crippen LogP contribution is -2.45. The van der Waals surface area contributed by atoms with Crippen molar-refractivity contribution >= 4 is 11.9 Å². The summed E-state index contributed by atoms with van der Waals surface area (Å²) in [6, 6.07) is 0. The summed E-state index contributed by atoms with van der Waals surface area (Å²) in [5.41, 5.74) is 0.0593. The smallest absolute Gasteiger partial charge is 0.306 e. The van der Waals surface area contributed by atoms with Gasteiger partial charge in [-0.15, -0.1) is 0 Å². The summed E-state index contributed by atoms with van der Waals surface area (Å²) in [4.78, 5) is 24.5. The Labute approximate surface area is 126 Å². The molecule has 21 heavy (non-hydrogen) atoms. The number of nitrogens with one attached hydrogen (secondary N) is 1. The number of nitrogens with zero attached hydrogens (tertiary/aromatic N) is 1. The summed E-state index contributed by atoms with van der Waals surface area (Å²) in [7, 11) is 0. The van der Waals surface area contributed by atoms with Crippen LogP contribution in [0.3, 0.4) is 0 Å². The van der Waals surface area contributed by atoms with Crippen LogP contribution in [-0.2, 0) is 9.59 Å². The molecule has 0 spiro atoms. The van der Waals surface area contributed by atoms with Crippen molar-refractivity contribution in [2.45, 2.75) is 46.1 Å². The number of aliphatic hydroxyl groups excluding tert-OH is 1. The van der Waals surface area contributed by atoms with E-state index in [4.69, 9.17) is 5.11 Å². The average Bonchev–Trinajstić information content (AvgIpc) is 2.36. The minimum atomic E-state index is -0.773. The highest BCUT2D eigenvalue weighted by atomic mass is 16.4. The van der Waals surface area contributed by atoms with Crippen molar-refractivity contribution in [3.63, 3.8) is 0 Å². The van der Waals surface area contributed by atoms with E-state index in [0.717, 1.165) is 0 Å². The first kappa shape index (κ1) is 17.9. The second-order valence-corrected chi connectivity index (χ2v) is 7.04. The van der Waals surface area contributed by atoms with Gasteiger partial charge in [0.1, 0.15) is 0 Å². The van der Waals surface area contributed by atoms with E-state index in [9.17, 15) is 14.7 Å². The maximum absolute atomic E-state index is 12.0. The predicted molar refractivity (Wildman–Crippen MR) is 79.9 cm³/mol. The fraction of sp³-hybridized carbons (Fsp3) is 0.867. The zero-order chi connectivity index (χ0) is 16.0. The molecule has 6 nitrogen and oxygen atoms in total. The van der Waals surface area contributed by atoms with Gasteiger partial charge in [0.05, 0.1) is 18.6 Å². The second-order valence-electron chi connectivity index (χ2n) is 7.04. The van der Waals surface area contributed by atoms with E-state index in [1.165, 1.54) is 0 Å². The van der Waals surface area contributed by atoms with Crippen molar-refractivity contribution in [3.05, 3.63) is 0 Å². The lowest BCUT2D eigenvalue weighted by atomic mass is 9.89. The van der Waals surface area contributed by atoms with Gasteiger partial charge >= 0.3 is 5.97 Å². The van der Waals surface area contributed by atoms with Crippen molar-refractivity contribution in [1.29, 1.82) is 0 Å². The minimum absolute atomic E-state index is 0.0261. The minimum Gasteiger partial charge on any atom is -0.481 e. The van der Waals surface area contributed by atoms with Crippen LogP contribution >= 0.6 is 0 Å². The van der Waals surface area contributed by atoms with Crippen molar-refractivity contribution in [1.82, 2.24) is 10.2 Å². The van der Waals surface area contributed by atoms with Gasteiger partial charge in [0, 0.05) is 19.6 Å². The normalized spacial score (nSPS) is 18.6. The SMILES string of the molecule is CC(C)(C)CC(O)CNCC(=O)N1CCC(C(=O)O)CC1. The fourth-order valence-corrected chi connectivity index (χ4v) is 2.61. The third kappa shape index (κ3) is 6.91. The van der Waals surface area contributed by atoms with Crippen molar-refractivity contribution < 1.29 is 19.8 Å². The van der Waals surface area contributed by atoms with Gasteiger partial charge in [0.2, 0.25) is 5.91 Å². The standard InChI is InChI=1S/C15H28N2O4/c1-15(2,3)8-12(18)9-16-10-13(19)17-6-4-11(5-7-17)14(20)21/h11-12,16,18H,4-10H2,1-3H3,(H,20,21). The molecule has 122 valence electrons. The van der Waals surface area contributed by atoms with Crippen LogP contribution in [0, 0.1) is 11.3 Å². The van der Waals surface area contributed by atoms with Crippen molar-refractivity contribution in [2.24, 2.45) is 11.3 Å². The molecule has 0 aromatic carbocycles. The van der Waals surface area contributed by atoms with Gasteiger partial charge in [-0.2, -0.15) is 0 Å². The van der Waals surface area contributed by atoms with E-state index in [1.807, 2.05) is 0 Å². The predicted octanol–water partition coefficient (Wildman–Crippen LogP) is 0.696. The van der Waals surface area contributed by atoms with Crippen LogP contribution in [-0.4, -0.2) is 59.3 Å². The van der Waals surface area contributed by atoms with E-state index in [0.29, 0.717) is 38.9 Å². The van der Waals surface area contributed by atoms with Gasteiger partial charge < -0.3 is 20.4 Å². The maximum Gasteiger partial charge on any atom is 0.306 e. The largest absolute Gasteiger partial charge is 0.481 e. The zero-order valence-corrected chi connectivity index (χ0v) is 13.3. The van der Waals surface area contributed by atoms with E-state index in [-0.39, 0.29) is 23.8 Å². The molecule has 3 N–H and O–H groups in total. The molecular formula is C15H28N2O4. The number of carbonyl (C=O) groups is 2. The molecule has 1 unspecified atom stereocenters. The number of aliphatic carboxylic acids is 1.